The second-order valence-electron chi connectivity index (χ2n) is 2.22. The van der Waals surface area contributed by atoms with E-state index in [-0.39, 0.29) is 0 Å². The number of rotatable bonds is 5. The van der Waals surface area contributed by atoms with Crippen molar-refractivity contribution in [1.29, 1.82) is 0 Å². The molecule has 0 rings (SSSR count). The topological polar surface area (TPSA) is 38.4 Å². The number of hydrogen-bond acceptors (Lipinski definition) is 1. The number of nitrogens with zero attached hydrogens (tertiary/aromatic N) is 1. The van der Waals surface area contributed by atoms with Crippen LogP contribution in [0.5, 0.6) is 0 Å². The molecule has 2 N–H and O–H groups in total. The molecule has 0 amide bonds. The lowest BCUT2D eigenvalue weighted by Gasteiger charge is -1.93. The van der Waals surface area contributed by atoms with Gasteiger partial charge in [-0.2, -0.15) is 0 Å². The first-order valence-electron chi connectivity index (χ1n) is 3.73. The Balaban J connectivity index is 3.24. The molecular formula is C8H16N2. The molecule has 0 fully saturated rings. The Morgan fingerprint density at radius 3 is 2.80 bits per heavy atom. The van der Waals surface area contributed by atoms with Gasteiger partial charge in [0.25, 0.3) is 0 Å². The van der Waals surface area contributed by atoms with Gasteiger partial charge in [-0.25, -0.2) is 0 Å². The lowest BCUT2D eigenvalue weighted by molar-refractivity contribution is 0.728. The Kier molecular flexibility index (Phi) is 5.83. The molecule has 0 aromatic rings. The van der Waals surface area contributed by atoms with Crippen LogP contribution in [0.3, 0.4) is 0 Å². The van der Waals surface area contributed by atoms with E-state index in [1.165, 1.54) is 12.8 Å². The maximum absolute atomic E-state index is 5.39. The lowest BCUT2D eigenvalue weighted by Crippen LogP contribution is -2.07. The fourth-order valence-corrected chi connectivity index (χ4v) is 0.635. The molecule has 0 aliphatic carbocycles. The first-order chi connectivity index (χ1) is 4.81. The molecule has 0 radical (unpaired) electrons. The van der Waals surface area contributed by atoms with E-state index in [1.54, 1.807) is 6.08 Å². The number of unbranched alkanes of at least 4 members (excludes halogenated alkanes) is 2. The predicted octanol–water partition coefficient (Wildman–Crippen LogP) is 1.72. The summed E-state index contributed by atoms with van der Waals surface area (Å²) in [6.45, 7) is 6.51. The zero-order valence-electron chi connectivity index (χ0n) is 6.64. The van der Waals surface area contributed by atoms with E-state index in [9.17, 15) is 0 Å². The first-order valence-corrected chi connectivity index (χ1v) is 3.73. The number of nitrogens with two attached hydrogens (primary N) is 1. The Morgan fingerprint density at radius 2 is 2.30 bits per heavy atom. The molecule has 10 heavy (non-hydrogen) atoms. The van der Waals surface area contributed by atoms with Gasteiger partial charge in [0.2, 0.25) is 0 Å². The lowest BCUT2D eigenvalue weighted by atomic mass is 10.2. The molecular weight excluding hydrogens is 124 g/mol. The van der Waals surface area contributed by atoms with Crippen molar-refractivity contribution < 1.29 is 0 Å². The molecule has 0 aromatic heterocycles. The van der Waals surface area contributed by atoms with Gasteiger partial charge in [-0.1, -0.05) is 26.3 Å². The van der Waals surface area contributed by atoms with Crippen molar-refractivity contribution in [3.8, 4) is 0 Å². The Labute approximate surface area is 62.8 Å². The van der Waals surface area contributed by atoms with Gasteiger partial charge < -0.3 is 5.73 Å². The smallest absolute Gasteiger partial charge is 0.117 e. The van der Waals surface area contributed by atoms with Crippen LogP contribution in [0.25, 0.3) is 0 Å². The molecule has 0 unspecified atom stereocenters. The van der Waals surface area contributed by atoms with Gasteiger partial charge in [-0.05, 0) is 12.5 Å². The maximum atomic E-state index is 5.39. The molecule has 0 spiro atoms. The van der Waals surface area contributed by atoms with Crippen molar-refractivity contribution in [3.05, 3.63) is 12.7 Å². The Hall–Kier alpha value is -0.790. The van der Waals surface area contributed by atoms with Crippen molar-refractivity contribution in [1.82, 2.24) is 0 Å². The van der Waals surface area contributed by atoms with Crippen LogP contribution in [0.15, 0.2) is 17.6 Å². The van der Waals surface area contributed by atoms with Gasteiger partial charge in [0.15, 0.2) is 0 Å². The minimum Gasteiger partial charge on any atom is -0.384 e. The van der Waals surface area contributed by atoms with E-state index in [4.69, 9.17) is 5.73 Å². The summed E-state index contributed by atoms with van der Waals surface area (Å²) in [5.41, 5.74) is 5.39. The van der Waals surface area contributed by atoms with Crippen LogP contribution in [0.4, 0.5) is 0 Å². The zero-order valence-corrected chi connectivity index (χ0v) is 6.64. The fourth-order valence-electron chi connectivity index (χ4n) is 0.635. The van der Waals surface area contributed by atoms with E-state index in [2.05, 4.69) is 18.5 Å². The summed E-state index contributed by atoms with van der Waals surface area (Å²) in [5.74, 6) is 0.552. The zero-order chi connectivity index (χ0) is 7.82. The highest BCUT2D eigenvalue weighted by atomic mass is 14.8. The summed E-state index contributed by atoms with van der Waals surface area (Å²) in [7, 11) is 0. The summed E-state index contributed by atoms with van der Waals surface area (Å²) < 4.78 is 0. The second-order valence-corrected chi connectivity index (χ2v) is 2.22. The molecule has 58 valence electrons. The number of aliphatic imine (C=N–C) groups is 1. The van der Waals surface area contributed by atoms with Crippen LogP contribution in [0, 0.1) is 0 Å². The summed E-state index contributed by atoms with van der Waals surface area (Å²) in [6.07, 6.45) is 5.16. The minimum absolute atomic E-state index is 0.552. The van der Waals surface area contributed by atoms with Crippen LogP contribution in [0.1, 0.15) is 26.2 Å². The van der Waals surface area contributed by atoms with Gasteiger partial charge in [-0.15, -0.1) is 0 Å². The highest BCUT2D eigenvalue weighted by molar-refractivity contribution is 5.90. The third-order valence-corrected chi connectivity index (χ3v) is 1.27. The normalized spacial score (nSPS) is 11.5. The number of amidine groups is 1. The van der Waals surface area contributed by atoms with E-state index in [1.807, 2.05) is 0 Å². The van der Waals surface area contributed by atoms with Crippen molar-refractivity contribution in [3.63, 3.8) is 0 Å². The van der Waals surface area contributed by atoms with Crippen LogP contribution < -0.4 is 5.73 Å². The Morgan fingerprint density at radius 1 is 1.60 bits per heavy atom. The quantitative estimate of drug-likeness (QED) is 0.352. The van der Waals surface area contributed by atoms with Gasteiger partial charge in [0.05, 0.1) is 0 Å². The summed E-state index contributed by atoms with van der Waals surface area (Å²) in [6, 6.07) is 0. The Bertz CT molecular complexity index is 116. The molecule has 2 heteroatoms. The van der Waals surface area contributed by atoms with E-state index in [0.29, 0.717) is 5.84 Å². The van der Waals surface area contributed by atoms with Crippen LogP contribution in [0.2, 0.25) is 0 Å². The average molecular weight is 140 g/mol. The third kappa shape index (κ3) is 5.35. The highest BCUT2D eigenvalue weighted by Crippen LogP contribution is 1.93. The molecule has 0 aromatic carbocycles. The minimum atomic E-state index is 0.552. The third-order valence-electron chi connectivity index (χ3n) is 1.27. The van der Waals surface area contributed by atoms with Crippen molar-refractivity contribution in [2.24, 2.45) is 10.7 Å². The van der Waals surface area contributed by atoms with E-state index >= 15 is 0 Å². The molecule has 0 heterocycles. The predicted molar refractivity (Wildman–Crippen MR) is 46.2 cm³/mol. The highest BCUT2D eigenvalue weighted by Gasteiger charge is 1.83. The molecule has 0 aliphatic heterocycles. The summed E-state index contributed by atoms with van der Waals surface area (Å²) >= 11 is 0. The van der Waals surface area contributed by atoms with E-state index < -0.39 is 0 Å². The van der Waals surface area contributed by atoms with Crippen molar-refractivity contribution in [2.45, 2.75) is 26.2 Å². The molecule has 2 nitrogen and oxygen atoms in total. The average Bonchev–Trinajstić information content (AvgIpc) is 1.98. The van der Waals surface area contributed by atoms with Gasteiger partial charge in [-0.3, -0.25) is 4.99 Å². The fraction of sp³-hybridized carbons (Fsp3) is 0.625. The SMILES string of the molecule is C=CC(N)=NCCCCC. The monoisotopic (exact) mass is 140 g/mol. The molecule has 0 aliphatic rings. The standard InChI is InChI=1S/C8H16N2/c1-3-5-6-7-10-8(9)4-2/h4H,2-3,5-7H2,1H3,(H2,9,10). The molecule has 0 atom stereocenters. The molecule has 0 saturated heterocycles. The van der Waals surface area contributed by atoms with Gasteiger partial charge >= 0.3 is 0 Å². The van der Waals surface area contributed by atoms with Gasteiger partial charge in [0, 0.05) is 6.54 Å². The largest absolute Gasteiger partial charge is 0.384 e. The van der Waals surface area contributed by atoms with Gasteiger partial charge in [0.1, 0.15) is 5.84 Å². The van der Waals surface area contributed by atoms with Crippen molar-refractivity contribution in [2.75, 3.05) is 6.54 Å². The molecule has 0 saturated carbocycles. The summed E-state index contributed by atoms with van der Waals surface area (Å²) in [5, 5.41) is 0. The van der Waals surface area contributed by atoms with E-state index in [0.717, 1.165) is 13.0 Å². The summed E-state index contributed by atoms with van der Waals surface area (Å²) in [4.78, 5) is 4.06. The molecule has 0 bridgehead atoms. The van der Waals surface area contributed by atoms with Crippen molar-refractivity contribution >= 4 is 5.84 Å². The van der Waals surface area contributed by atoms with Crippen LogP contribution in [-0.2, 0) is 0 Å². The second kappa shape index (κ2) is 6.33. The maximum Gasteiger partial charge on any atom is 0.117 e. The number of hydrogen-bond donors (Lipinski definition) is 1. The van der Waals surface area contributed by atoms with Crippen LogP contribution in [-0.4, -0.2) is 12.4 Å². The van der Waals surface area contributed by atoms with Crippen LogP contribution >= 0.6 is 0 Å². The first kappa shape index (κ1) is 9.21.